The normalized spacial score (nSPS) is 18.9. The van der Waals surface area contributed by atoms with E-state index in [2.05, 4.69) is 35.1 Å². The molecular weight excluding hydrogens is 500 g/mol. The molecule has 0 saturated carbocycles. The maximum Gasteiger partial charge on any atom is 0.245 e. The van der Waals surface area contributed by atoms with E-state index in [1.54, 1.807) is 0 Å². The standard InChI is InChI=1S/C29H54N4O6/c1-26(2,3)29(8,9)25(37)32-18-22(34)31-14-15-38-16-17-39-19-23(35)30-13-11-10-12-21-24(36)27(4,5)20-28(6,7)33-21/h21,33H,10-20H2,1-9H3,(H,30,35)(H,31,34)(H,32,37)/t21-/m0/s1. The summed E-state index contributed by atoms with van der Waals surface area (Å²) in [5.74, 6) is -0.357. The van der Waals surface area contributed by atoms with Crippen LogP contribution in [0.25, 0.3) is 0 Å². The van der Waals surface area contributed by atoms with Crippen molar-refractivity contribution in [2.45, 2.75) is 99.6 Å². The highest BCUT2D eigenvalue weighted by Crippen LogP contribution is 2.38. The number of hydrogen-bond acceptors (Lipinski definition) is 7. The maximum atomic E-state index is 12.7. The Morgan fingerprint density at radius 1 is 0.872 bits per heavy atom. The molecule has 10 nitrogen and oxygen atoms in total. The van der Waals surface area contributed by atoms with E-state index < -0.39 is 5.41 Å². The molecule has 10 heteroatoms. The zero-order valence-electron chi connectivity index (χ0n) is 25.8. The number of ether oxygens (including phenoxy) is 2. The van der Waals surface area contributed by atoms with Crippen LogP contribution >= 0.6 is 0 Å². The van der Waals surface area contributed by atoms with Crippen LogP contribution in [0, 0.1) is 16.2 Å². The number of hydrogen-bond donors (Lipinski definition) is 4. The van der Waals surface area contributed by atoms with Gasteiger partial charge in [0.1, 0.15) is 6.61 Å². The van der Waals surface area contributed by atoms with E-state index in [0.717, 1.165) is 25.7 Å². The Balaban J connectivity index is 2.04. The predicted molar refractivity (Wildman–Crippen MR) is 152 cm³/mol. The zero-order valence-corrected chi connectivity index (χ0v) is 25.8. The lowest BCUT2D eigenvalue weighted by Gasteiger charge is -2.44. The molecule has 0 bridgehead atoms. The van der Waals surface area contributed by atoms with Crippen molar-refractivity contribution >= 4 is 23.5 Å². The largest absolute Gasteiger partial charge is 0.377 e. The summed E-state index contributed by atoms with van der Waals surface area (Å²) in [5.41, 5.74) is -1.20. The molecular formula is C29H54N4O6. The fraction of sp³-hybridized carbons (Fsp3) is 0.862. The Morgan fingerprint density at radius 2 is 1.49 bits per heavy atom. The molecule has 4 N–H and O–H groups in total. The molecule has 3 amide bonds. The number of carbonyl (C=O) groups is 4. The molecule has 1 fully saturated rings. The summed E-state index contributed by atoms with van der Waals surface area (Å²) in [5, 5.41) is 11.7. The van der Waals surface area contributed by atoms with E-state index in [9.17, 15) is 19.2 Å². The smallest absolute Gasteiger partial charge is 0.245 e. The first-order valence-corrected chi connectivity index (χ1v) is 14.2. The number of nitrogens with one attached hydrogen (secondary N) is 4. The molecule has 39 heavy (non-hydrogen) atoms. The number of ketones is 1. The van der Waals surface area contributed by atoms with Crippen molar-refractivity contribution in [2.24, 2.45) is 16.2 Å². The monoisotopic (exact) mass is 554 g/mol. The summed E-state index contributed by atoms with van der Waals surface area (Å²) in [6.07, 6.45) is 3.23. The molecule has 1 heterocycles. The van der Waals surface area contributed by atoms with E-state index in [1.807, 2.05) is 48.5 Å². The van der Waals surface area contributed by atoms with Crippen LogP contribution in [0.3, 0.4) is 0 Å². The molecule has 0 aliphatic carbocycles. The molecule has 0 aromatic heterocycles. The van der Waals surface area contributed by atoms with Gasteiger partial charge in [-0.1, -0.05) is 48.5 Å². The molecule has 1 aliphatic rings. The fourth-order valence-corrected chi connectivity index (χ4v) is 4.64. The summed E-state index contributed by atoms with van der Waals surface area (Å²) in [4.78, 5) is 48.9. The topological polar surface area (TPSA) is 135 Å². The lowest BCUT2D eigenvalue weighted by Crippen LogP contribution is -2.60. The van der Waals surface area contributed by atoms with Gasteiger partial charge >= 0.3 is 0 Å². The lowest BCUT2D eigenvalue weighted by atomic mass is 9.69. The van der Waals surface area contributed by atoms with Gasteiger partial charge in [-0.15, -0.1) is 0 Å². The van der Waals surface area contributed by atoms with Gasteiger partial charge in [-0.05, 0) is 44.9 Å². The van der Waals surface area contributed by atoms with Gasteiger partial charge in [0.25, 0.3) is 0 Å². The first kappa shape index (κ1) is 35.0. The predicted octanol–water partition coefficient (Wildman–Crippen LogP) is 2.35. The lowest BCUT2D eigenvalue weighted by molar-refractivity contribution is -0.136. The van der Waals surface area contributed by atoms with E-state index in [0.29, 0.717) is 26.3 Å². The molecule has 0 aromatic rings. The first-order valence-electron chi connectivity index (χ1n) is 14.2. The first-order chi connectivity index (χ1) is 17.9. The Morgan fingerprint density at radius 3 is 2.13 bits per heavy atom. The average molecular weight is 555 g/mol. The number of amides is 3. The van der Waals surface area contributed by atoms with Crippen LogP contribution in [-0.4, -0.2) is 81.1 Å². The van der Waals surface area contributed by atoms with Crippen molar-refractivity contribution in [1.82, 2.24) is 21.3 Å². The highest BCUT2D eigenvalue weighted by Gasteiger charge is 2.44. The minimum atomic E-state index is -0.601. The molecule has 226 valence electrons. The maximum absolute atomic E-state index is 12.7. The minimum Gasteiger partial charge on any atom is -0.377 e. The van der Waals surface area contributed by atoms with Crippen LogP contribution in [0.5, 0.6) is 0 Å². The average Bonchev–Trinajstić information content (AvgIpc) is 2.80. The second-order valence-corrected chi connectivity index (χ2v) is 13.4. The van der Waals surface area contributed by atoms with Crippen molar-refractivity contribution in [3.8, 4) is 0 Å². The zero-order chi connectivity index (χ0) is 29.9. The summed E-state index contributed by atoms with van der Waals surface area (Å²) < 4.78 is 10.7. The molecule has 1 saturated heterocycles. The molecule has 1 rings (SSSR count). The number of Topliss-reactive ketones (excluding diaryl/α,β-unsaturated/α-hetero) is 1. The molecule has 0 aromatic carbocycles. The van der Waals surface area contributed by atoms with Crippen molar-refractivity contribution in [2.75, 3.05) is 46.1 Å². The highest BCUT2D eigenvalue weighted by atomic mass is 16.5. The van der Waals surface area contributed by atoms with Gasteiger partial charge < -0.3 is 30.7 Å². The van der Waals surface area contributed by atoms with Crippen LogP contribution in [-0.2, 0) is 28.7 Å². The Kier molecular flexibility index (Phi) is 13.5. The Hall–Kier alpha value is -2.04. The van der Waals surface area contributed by atoms with Gasteiger partial charge in [0.2, 0.25) is 17.7 Å². The van der Waals surface area contributed by atoms with Crippen LogP contribution in [0.1, 0.15) is 88.0 Å². The van der Waals surface area contributed by atoms with Gasteiger partial charge in [-0.3, -0.25) is 19.2 Å². The highest BCUT2D eigenvalue weighted by molar-refractivity contribution is 5.90. The molecule has 1 aliphatic heterocycles. The second kappa shape index (κ2) is 15.1. The number of carbonyl (C=O) groups excluding carboxylic acids is 4. The van der Waals surface area contributed by atoms with Crippen LogP contribution in [0.4, 0.5) is 0 Å². The van der Waals surface area contributed by atoms with Crippen molar-refractivity contribution < 1.29 is 28.7 Å². The van der Waals surface area contributed by atoms with Gasteiger partial charge in [0.15, 0.2) is 5.78 Å². The third-order valence-electron chi connectivity index (χ3n) is 7.70. The molecule has 1 atom stereocenters. The van der Waals surface area contributed by atoms with E-state index in [1.165, 1.54) is 0 Å². The Labute approximate surface area is 235 Å². The van der Waals surface area contributed by atoms with Crippen molar-refractivity contribution in [3.05, 3.63) is 0 Å². The van der Waals surface area contributed by atoms with Crippen LogP contribution in [0.2, 0.25) is 0 Å². The van der Waals surface area contributed by atoms with Gasteiger partial charge in [0.05, 0.1) is 32.4 Å². The van der Waals surface area contributed by atoms with Gasteiger partial charge in [-0.2, -0.15) is 0 Å². The summed E-state index contributed by atoms with van der Waals surface area (Å²) in [6.45, 7) is 19.6. The van der Waals surface area contributed by atoms with E-state index in [4.69, 9.17) is 9.47 Å². The van der Waals surface area contributed by atoms with Crippen molar-refractivity contribution in [3.63, 3.8) is 0 Å². The van der Waals surface area contributed by atoms with Crippen LogP contribution < -0.4 is 21.3 Å². The Bertz CT molecular complexity index is 832. The molecule has 0 radical (unpaired) electrons. The van der Waals surface area contributed by atoms with E-state index in [-0.39, 0.29) is 65.7 Å². The summed E-state index contributed by atoms with van der Waals surface area (Å²) in [7, 11) is 0. The van der Waals surface area contributed by atoms with Crippen LogP contribution in [0.15, 0.2) is 0 Å². The summed E-state index contributed by atoms with van der Waals surface area (Å²) in [6, 6.07) is -0.136. The molecule has 0 unspecified atom stereocenters. The number of piperidine rings is 1. The van der Waals surface area contributed by atoms with Gasteiger partial charge in [-0.25, -0.2) is 0 Å². The quantitative estimate of drug-likeness (QED) is 0.215. The van der Waals surface area contributed by atoms with Crippen molar-refractivity contribution in [1.29, 1.82) is 0 Å². The number of rotatable bonds is 16. The molecule has 0 spiro atoms. The summed E-state index contributed by atoms with van der Waals surface area (Å²) >= 11 is 0. The minimum absolute atomic E-state index is 0.0459. The third-order valence-corrected chi connectivity index (χ3v) is 7.70. The van der Waals surface area contributed by atoms with Gasteiger partial charge in [0, 0.05) is 29.5 Å². The van der Waals surface area contributed by atoms with E-state index >= 15 is 0 Å². The second-order valence-electron chi connectivity index (χ2n) is 13.4. The fourth-order valence-electron chi connectivity index (χ4n) is 4.64. The SMILES string of the molecule is CC1(C)CC(C)(C)C(=O)[C@H](CCCCNC(=O)COCCOCCNC(=O)CNC(=O)C(C)(C)C(C)(C)C)N1. The number of unbranched alkanes of at least 4 members (excludes halogenated alkanes) is 1. The third kappa shape index (κ3) is 12.3.